The third kappa shape index (κ3) is 5.08. The van der Waals surface area contributed by atoms with E-state index in [-0.39, 0.29) is 12.5 Å². The molecule has 1 N–H and O–H groups in total. The van der Waals surface area contributed by atoms with E-state index in [2.05, 4.69) is 10.3 Å². The standard InChI is InChI=1S/C25H20N2O2/c28-25(18-29-24-14-12-20-7-1-2-8-21(20)17-24)27-23-10-5-6-19(16-23)11-13-22-9-3-4-15-26-22/h1-17H,18H2,(H,27,28)/b13-11+. The summed E-state index contributed by atoms with van der Waals surface area (Å²) in [6, 6.07) is 27.2. The van der Waals surface area contributed by atoms with E-state index in [1.807, 2.05) is 97.1 Å². The van der Waals surface area contributed by atoms with Crippen LogP contribution in [0.2, 0.25) is 0 Å². The number of hydrogen-bond donors (Lipinski definition) is 1. The number of carbonyl (C=O) groups excluding carboxylic acids is 1. The second-order valence-corrected chi connectivity index (χ2v) is 6.56. The highest BCUT2D eigenvalue weighted by atomic mass is 16.5. The maximum Gasteiger partial charge on any atom is 0.262 e. The molecule has 0 aliphatic carbocycles. The summed E-state index contributed by atoms with van der Waals surface area (Å²) in [6.07, 6.45) is 5.65. The van der Waals surface area contributed by atoms with Crippen LogP contribution in [0.4, 0.5) is 5.69 Å². The van der Waals surface area contributed by atoms with Crippen molar-refractivity contribution >= 4 is 34.5 Å². The molecule has 3 aromatic carbocycles. The summed E-state index contributed by atoms with van der Waals surface area (Å²) in [5.74, 6) is 0.468. The molecule has 0 unspecified atom stereocenters. The smallest absolute Gasteiger partial charge is 0.262 e. The van der Waals surface area contributed by atoms with Gasteiger partial charge in [-0.2, -0.15) is 0 Å². The van der Waals surface area contributed by atoms with E-state index >= 15 is 0 Å². The molecule has 0 atom stereocenters. The summed E-state index contributed by atoms with van der Waals surface area (Å²) in [7, 11) is 0. The fourth-order valence-corrected chi connectivity index (χ4v) is 2.98. The Bertz CT molecular complexity index is 1150. The van der Waals surface area contributed by atoms with Gasteiger partial charge in [0.2, 0.25) is 0 Å². The predicted octanol–water partition coefficient (Wildman–Crippen LogP) is 5.42. The molecule has 0 radical (unpaired) electrons. The van der Waals surface area contributed by atoms with Crippen molar-refractivity contribution < 1.29 is 9.53 Å². The van der Waals surface area contributed by atoms with Crippen molar-refractivity contribution in [2.24, 2.45) is 0 Å². The van der Waals surface area contributed by atoms with Gasteiger partial charge in [0.25, 0.3) is 5.91 Å². The Hall–Kier alpha value is -3.92. The lowest BCUT2D eigenvalue weighted by molar-refractivity contribution is -0.118. The van der Waals surface area contributed by atoms with Gasteiger partial charge in [-0.05, 0) is 58.8 Å². The van der Waals surface area contributed by atoms with Crippen molar-refractivity contribution in [2.75, 3.05) is 11.9 Å². The van der Waals surface area contributed by atoms with Crippen molar-refractivity contribution in [3.63, 3.8) is 0 Å². The number of ether oxygens (including phenoxy) is 1. The summed E-state index contributed by atoms with van der Waals surface area (Å²) in [5.41, 5.74) is 2.58. The first-order valence-corrected chi connectivity index (χ1v) is 9.37. The van der Waals surface area contributed by atoms with Crippen molar-refractivity contribution in [2.45, 2.75) is 0 Å². The molecule has 0 aliphatic rings. The van der Waals surface area contributed by atoms with Crippen LogP contribution in [0.15, 0.2) is 91.1 Å². The number of hydrogen-bond acceptors (Lipinski definition) is 3. The van der Waals surface area contributed by atoms with Crippen LogP contribution in [0, 0.1) is 0 Å². The molecular formula is C25H20N2O2. The number of aromatic nitrogens is 1. The number of pyridine rings is 1. The molecule has 0 saturated carbocycles. The van der Waals surface area contributed by atoms with Crippen molar-refractivity contribution in [1.29, 1.82) is 0 Å². The van der Waals surface area contributed by atoms with Crippen LogP contribution in [0.25, 0.3) is 22.9 Å². The zero-order valence-corrected chi connectivity index (χ0v) is 15.8. The first-order valence-electron chi connectivity index (χ1n) is 9.37. The topological polar surface area (TPSA) is 51.2 Å². The maximum absolute atomic E-state index is 12.3. The van der Waals surface area contributed by atoms with Crippen molar-refractivity contribution in [3.8, 4) is 5.75 Å². The highest BCUT2D eigenvalue weighted by Crippen LogP contribution is 2.20. The van der Waals surface area contributed by atoms with E-state index in [0.29, 0.717) is 5.75 Å². The Kier molecular flexibility index (Phi) is 5.63. The van der Waals surface area contributed by atoms with Gasteiger partial charge in [-0.1, -0.05) is 54.6 Å². The Morgan fingerprint density at radius 1 is 0.862 bits per heavy atom. The number of rotatable bonds is 6. The highest BCUT2D eigenvalue weighted by molar-refractivity contribution is 5.92. The van der Waals surface area contributed by atoms with E-state index in [4.69, 9.17) is 4.74 Å². The largest absolute Gasteiger partial charge is 0.484 e. The van der Waals surface area contributed by atoms with Gasteiger partial charge in [0.15, 0.2) is 6.61 Å². The molecular weight excluding hydrogens is 360 g/mol. The maximum atomic E-state index is 12.3. The second kappa shape index (κ2) is 8.85. The minimum atomic E-state index is -0.205. The molecule has 4 heteroatoms. The van der Waals surface area contributed by atoms with Gasteiger partial charge in [0.05, 0.1) is 5.69 Å². The SMILES string of the molecule is O=C(COc1ccc2ccccc2c1)Nc1cccc(/C=C/c2ccccn2)c1. The average molecular weight is 380 g/mol. The minimum absolute atomic E-state index is 0.0493. The van der Waals surface area contributed by atoms with Crippen LogP contribution in [0.5, 0.6) is 5.75 Å². The van der Waals surface area contributed by atoms with Gasteiger partial charge in [-0.25, -0.2) is 0 Å². The molecule has 4 rings (SSSR count). The lowest BCUT2D eigenvalue weighted by Gasteiger charge is -2.09. The third-order valence-corrected chi connectivity index (χ3v) is 4.40. The van der Waals surface area contributed by atoms with E-state index in [0.717, 1.165) is 27.7 Å². The summed E-state index contributed by atoms with van der Waals surface area (Å²) in [6.45, 7) is -0.0493. The summed E-state index contributed by atoms with van der Waals surface area (Å²) in [4.78, 5) is 16.5. The van der Waals surface area contributed by atoms with E-state index in [1.54, 1.807) is 6.20 Å². The second-order valence-electron chi connectivity index (χ2n) is 6.56. The Morgan fingerprint density at radius 3 is 2.59 bits per heavy atom. The molecule has 29 heavy (non-hydrogen) atoms. The summed E-state index contributed by atoms with van der Waals surface area (Å²) >= 11 is 0. The first kappa shape index (κ1) is 18.4. The van der Waals surface area contributed by atoms with E-state index < -0.39 is 0 Å². The van der Waals surface area contributed by atoms with Gasteiger partial charge >= 0.3 is 0 Å². The van der Waals surface area contributed by atoms with E-state index in [9.17, 15) is 4.79 Å². The number of fused-ring (bicyclic) bond motifs is 1. The third-order valence-electron chi connectivity index (χ3n) is 4.40. The Labute approximate surface area is 169 Å². The molecule has 0 aliphatic heterocycles. The quantitative estimate of drug-likeness (QED) is 0.486. The molecule has 1 amide bonds. The molecule has 0 bridgehead atoms. The van der Waals surface area contributed by atoms with Gasteiger partial charge < -0.3 is 10.1 Å². The number of benzene rings is 3. The number of nitrogens with one attached hydrogen (secondary N) is 1. The fourth-order valence-electron chi connectivity index (χ4n) is 2.98. The molecule has 4 aromatic rings. The van der Waals surface area contributed by atoms with Crippen LogP contribution >= 0.6 is 0 Å². The molecule has 1 aromatic heterocycles. The van der Waals surface area contributed by atoms with Crippen LogP contribution in [-0.4, -0.2) is 17.5 Å². The summed E-state index contributed by atoms with van der Waals surface area (Å²) < 4.78 is 5.65. The van der Waals surface area contributed by atoms with Crippen LogP contribution in [0.3, 0.4) is 0 Å². The monoisotopic (exact) mass is 380 g/mol. The number of nitrogens with zero attached hydrogens (tertiary/aromatic N) is 1. The van der Waals surface area contributed by atoms with Gasteiger partial charge in [-0.3, -0.25) is 9.78 Å². The van der Waals surface area contributed by atoms with Gasteiger partial charge in [0.1, 0.15) is 5.75 Å². The van der Waals surface area contributed by atoms with Gasteiger partial charge in [0, 0.05) is 11.9 Å². The first-order chi connectivity index (χ1) is 14.3. The molecule has 0 spiro atoms. The predicted molar refractivity (Wildman–Crippen MR) is 118 cm³/mol. The van der Waals surface area contributed by atoms with E-state index in [1.165, 1.54) is 0 Å². The number of anilines is 1. The highest BCUT2D eigenvalue weighted by Gasteiger charge is 2.05. The average Bonchev–Trinajstić information content (AvgIpc) is 2.77. The van der Waals surface area contributed by atoms with Gasteiger partial charge in [-0.15, -0.1) is 0 Å². The zero-order valence-electron chi connectivity index (χ0n) is 15.8. The molecule has 142 valence electrons. The van der Waals surface area contributed by atoms with Crippen LogP contribution < -0.4 is 10.1 Å². The van der Waals surface area contributed by atoms with Crippen molar-refractivity contribution in [1.82, 2.24) is 4.98 Å². The van der Waals surface area contributed by atoms with Crippen molar-refractivity contribution in [3.05, 3.63) is 102 Å². The molecule has 0 fully saturated rings. The lowest BCUT2D eigenvalue weighted by atomic mass is 10.1. The normalized spacial score (nSPS) is 10.9. The fraction of sp³-hybridized carbons (Fsp3) is 0.0400. The number of amides is 1. The molecule has 1 heterocycles. The van der Waals surface area contributed by atoms with Crippen LogP contribution in [-0.2, 0) is 4.79 Å². The Balaban J connectivity index is 1.36. The lowest BCUT2D eigenvalue weighted by Crippen LogP contribution is -2.20. The molecule has 0 saturated heterocycles. The van der Waals surface area contributed by atoms with Crippen LogP contribution in [0.1, 0.15) is 11.3 Å². The zero-order chi connectivity index (χ0) is 19.9. The Morgan fingerprint density at radius 2 is 1.72 bits per heavy atom. The minimum Gasteiger partial charge on any atom is -0.484 e. The summed E-state index contributed by atoms with van der Waals surface area (Å²) in [5, 5.41) is 5.09. The molecule has 4 nitrogen and oxygen atoms in total. The number of carbonyl (C=O) groups is 1.